The Morgan fingerprint density at radius 3 is 2.55 bits per heavy atom. The Labute approximate surface area is 219 Å². The first-order valence-corrected chi connectivity index (χ1v) is 13.1. The van der Waals surface area contributed by atoms with Gasteiger partial charge in [0.15, 0.2) is 0 Å². The summed E-state index contributed by atoms with van der Waals surface area (Å²) in [6, 6.07) is 13.3. The van der Waals surface area contributed by atoms with Crippen molar-refractivity contribution in [2.45, 2.75) is 29.4 Å². The number of nitrogens with zero attached hydrogens (tertiary/aromatic N) is 2. The zero-order valence-corrected chi connectivity index (χ0v) is 21.1. The molecule has 4 rings (SSSR count). The van der Waals surface area contributed by atoms with Crippen molar-refractivity contribution in [1.82, 2.24) is 14.6 Å². The second-order valence-electron chi connectivity index (χ2n) is 8.00. The molecule has 0 spiro atoms. The van der Waals surface area contributed by atoms with Crippen molar-refractivity contribution in [1.29, 1.82) is 5.41 Å². The number of hydrogen-bond donors (Lipinski definition) is 4. The maximum atomic E-state index is 12.8. The summed E-state index contributed by atoms with van der Waals surface area (Å²) in [5.74, 6) is -3.06. The van der Waals surface area contributed by atoms with Crippen molar-refractivity contribution in [3.63, 3.8) is 0 Å². The summed E-state index contributed by atoms with van der Waals surface area (Å²) in [5, 5.41) is 14.7. The second kappa shape index (κ2) is 11.7. The van der Waals surface area contributed by atoms with Crippen LogP contribution in [-0.2, 0) is 26.2 Å². The Kier molecular flexibility index (Phi) is 8.85. The van der Waals surface area contributed by atoms with Crippen LogP contribution in [0, 0.1) is 5.41 Å². The van der Waals surface area contributed by atoms with Crippen LogP contribution in [0.3, 0.4) is 0 Å². The maximum absolute atomic E-state index is 12.8. The highest BCUT2D eigenvalue weighted by atomic mass is 32.2. The first-order chi connectivity index (χ1) is 17.8. The fraction of sp³-hybridized carbons (Fsp3) is 0.217. The summed E-state index contributed by atoms with van der Waals surface area (Å²) in [5.41, 5.74) is 7.79. The molecular formula is C23H22F3N5O5S2. The molecule has 0 bridgehead atoms. The molecule has 1 unspecified atom stereocenters. The molecule has 202 valence electrons. The minimum Gasteiger partial charge on any atom is -0.475 e. The molecule has 10 nitrogen and oxygen atoms in total. The highest BCUT2D eigenvalue weighted by Crippen LogP contribution is 2.30. The number of rotatable bonds is 7. The molecule has 1 aliphatic heterocycles. The number of pyridine rings is 1. The van der Waals surface area contributed by atoms with E-state index in [1.165, 1.54) is 0 Å². The number of nitrogens with two attached hydrogens (primary N) is 1. The van der Waals surface area contributed by atoms with Gasteiger partial charge in [0.1, 0.15) is 16.1 Å². The smallest absolute Gasteiger partial charge is 0.475 e. The fourth-order valence-electron chi connectivity index (χ4n) is 3.44. The van der Waals surface area contributed by atoms with Crippen molar-refractivity contribution in [3.8, 4) is 10.4 Å². The van der Waals surface area contributed by atoms with E-state index in [-0.39, 0.29) is 16.0 Å². The number of carboxylic acid groups (broad SMARTS) is 1. The monoisotopic (exact) mass is 569 g/mol. The molecule has 0 aliphatic carbocycles. The molecule has 2 aromatic heterocycles. The summed E-state index contributed by atoms with van der Waals surface area (Å²) in [6.45, 7) is 0.782. The highest BCUT2D eigenvalue weighted by Gasteiger charge is 2.38. The molecule has 15 heteroatoms. The van der Waals surface area contributed by atoms with Gasteiger partial charge in [0, 0.05) is 41.5 Å². The van der Waals surface area contributed by atoms with Crippen LogP contribution < -0.4 is 10.5 Å². The van der Waals surface area contributed by atoms with Gasteiger partial charge in [-0.1, -0.05) is 24.3 Å². The fourth-order valence-corrected chi connectivity index (χ4v) is 5.97. The topological polar surface area (TPSA) is 167 Å². The Morgan fingerprint density at radius 1 is 1.24 bits per heavy atom. The number of carbonyl (C=O) groups is 2. The molecule has 0 radical (unpaired) electrons. The molecule has 3 aromatic rings. The normalized spacial score (nSPS) is 15.6. The summed E-state index contributed by atoms with van der Waals surface area (Å²) < 4.78 is 60.1. The van der Waals surface area contributed by atoms with E-state index in [1.807, 2.05) is 12.1 Å². The number of likely N-dealkylation sites (tertiary alicyclic amines) is 1. The number of halogens is 3. The van der Waals surface area contributed by atoms with Crippen LogP contribution in [-0.4, -0.2) is 59.9 Å². The van der Waals surface area contributed by atoms with Gasteiger partial charge in [-0.15, -0.1) is 11.3 Å². The predicted molar refractivity (Wildman–Crippen MR) is 133 cm³/mol. The number of amidine groups is 1. The Bertz CT molecular complexity index is 1430. The van der Waals surface area contributed by atoms with Crippen LogP contribution in [0.5, 0.6) is 0 Å². The third-order valence-corrected chi connectivity index (χ3v) is 8.34. The van der Waals surface area contributed by atoms with E-state index in [0.717, 1.165) is 27.3 Å². The average molecular weight is 570 g/mol. The number of alkyl halides is 3. The van der Waals surface area contributed by atoms with Crippen LogP contribution in [0.4, 0.5) is 13.2 Å². The van der Waals surface area contributed by atoms with Crippen LogP contribution in [0.2, 0.25) is 0 Å². The molecule has 1 saturated heterocycles. The summed E-state index contributed by atoms with van der Waals surface area (Å²) in [7, 11) is -3.82. The van der Waals surface area contributed by atoms with E-state index in [4.69, 9.17) is 21.0 Å². The number of carboxylic acids is 1. The number of nitrogens with one attached hydrogen (secondary N) is 2. The molecule has 1 fully saturated rings. The van der Waals surface area contributed by atoms with E-state index in [0.29, 0.717) is 25.1 Å². The molecule has 0 saturated carbocycles. The first-order valence-electron chi connectivity index (χ1n) is 10.8. The standard InChI is InChI=1S/C21H21N5O3S2.C2HF3O2/c22-20(23)15-4-1-3-14(11-15)13-26-10-8-17(21(26)27)25-31(28,29)19-7-6-18(30-19)16-5-2-9-24-12-16;3-2(4,5)1(6)7/h1-7,9,11-12,17,25H,8,10,13H2,(H3,22,23);(H,6,7). The van der Waals surface area contributed by atoms with Crippen LogP contribution in [0.25, 0.3) is 10.4 Å². The summed E-state index contributed by atoms with van der Waals surface area (Å²) >= 11 is 1.14. The third kappa shape index (κ3) is 7.36. The minimum atomic E-state index is -5.08. The zero-order chi connectivity index (χ0) is 28.1. The molecule has 3 heterocycles. The number of benzene rings is 1. The van der Waals surface area contributed by atoms with Gasteiger partial charge < -0.3 is 15.7 Å². The largest absolute Gasteiger partial charge is 0.490 e. The first kappa shape index (κ1) is 28.7. The molecule has 1 amide bonds. The number of amides is 1. The lowest BCUT2D eigenvalue weighted by atomic mass is 10.1. The van der Waals surface area contributed by atoms with E-state index in [2.05, 4.69) is 9.71 Å². The number of thiophene rings is 1. The lowest BCUT2D eigenvalue weighted by molar-refractivity contribution is -0.192. The summed E-state index contributed by atoms with van der Waals surface area (Å²) in [4.78, 5) is 28.1. The van der Waals surface area contributed by atoms with Crippen LogP contribution >= 0.6 is 11.3 Å². The number of hydrogen-bond acceptors (Lipinski definition) is 7. The van der Waals surface area contributed by atoms with Crippen molar-refractivity contribution in [2.24, 2.45) is 5.73 Å². The van der Waals surface area contributed by atoms with E-state index < -0.39 is 28.2 Å². The van der Waals surface area contributed by atoms with Gasteiger partial charge in [-0.25, -0.2) is 13.2 Å². The Balaban J connectivity index is 0.000000505. The second-order valence-corrected chi connectivity index (χ2v) is 11.0. The molecule has 1 aliphatic rings. The third-order valence-electron chi connectivity index (χ3n) is 5.24. The van der Waals surface area contributed by atoms with Gasteiger partial charge in [0.25, 0.3) is 10.0 Å². The highest BCUT2D eigenvalue weighted by molar-refractivity contribution is 7.91. The molecule has 1 aromatic carbocycles. The van der Waals surface area contributed by atoms with Gasteiger partial charge in [-0.2, -0.15) is 17.9 Å². The quantitative estimate of drug-likeness (QED) is 0.251. The van der Waals surface area contributed by atoms with Crippen LogP contribution in [0.1, 0.15) is 17.5 Å². The molecule has 5 N–H and O–H groups in total. The molecule has 38 heavy (non-hydrogen) atoms. The van der Waals surface area contributed by atoms with E-state index >= 15 is 0 Å². The van der Waals surface area contributed by atoms with Gasteiger partial charge in [-0.3, -0.25) is 15.2 Å². The maximum Gasteiger partial charge on any atom is 0.490 e. The van der Waals surface area contributed by atoms with Crippen LogP contribution in [0.15, 0.2) is 65.1 Å². The number of nitrogen functional groups attached to an aromatic ring is 1. The van der Waals surface area contributed by atoms with Gasteiger partial charge in [-0.05, 0) is 36.2 Å². The van der Waals surface area contributed by atoms with E-state index in [9.17, 15) is 26.4 Å². The number of aliphatic carboxylic acids is 1. The lowest BCUT2D eigenvalue weighted by Gasteiger charge is -2.17. The SMILES string of the molecule is N=C(N)c1cccc(CN2CCC(NS(=O)(=O)c3ccc(-c4cccnc4)s3)C2=O)c1.O=C(O)C(F)(F)F. The summed E-state index contributed by atoms with van der Waals surface area (Å²) in [6.07, 6.45) is -1.36. The molecular weight excluding hydrogens is 547 g/mol. The van der Waals surface area contributed by atoms with Crippen molar-refractivity contribution >= 4 is 39.1 Å². The lowest BCUT2D eigenvalue weighted by Crippen LogP contribution is -2.41. The van der Waals surface area contributed by atoms with Gasteiger partial charge in [0.05, 0.1) is 0 Å². The van der Waals surface area contributed by atoms with E-state index in [1.54, 1.807) is 53.7 Å². The predicted octanol–water partition coefficient (Wildman–Crippen LogP) is 2.81. The van der Waals surface area contributed by atoms with Crippen molar-refractivity contribution < 1.29 is 36.3 Å². The number of aromatic nitrogens is 1. The number of carbonyl (C=O) groups excluding carboxylic acids is 1. The molecule has 1 atom stereocenters. The zero-order valence-electron chi connectivity index (χ0n) is 19.5. The Morgan fingerprint density at radius 2 is 1.95 bits per heavy atom. The van der Waals surface area contributed by atoms with Gasteiger partial charge >= 0.3 is 12.1 Å². The van der Waals surface area contributed by atoms with Crippen molar-refractivity contribution in [3.05, 3.63) is 72.1 Å². The van der Waals surface area contributed by atoms with Crippen molar-refractivity contribution in [2.75, 3.05) is 6.54 Å². The number of sulfonamides is 1. The van der Waals surface area contributed by atoms with Gasteiger partial charge in [0.2, 0.25) is 5.91 Å². The Hall–Kier alpha value is -3.82. The average Bonchev–Trinajstić information content (AvgIpc) is 3.48. The minimum absolute atomic E-state index is 0.0400.